The van der Waals surface area contributed by atoms with Gasteiger partial charge in [0.05, 0.1) is 16.9 Å². The Bertz CT molecular complexity index is 635. The highest BCUT2D eigenvalue weighted by molar-refractivity contribution is 7.15. The molecule has 100 valence electrons. The summed E-state index contributed by atoms with van der Waals surface area (Å²) in [7, 11) is 0. The number of halogens is 1. The van der Waals surface area contributed by atoms with Crippen LogP contribution in [0.1, 0.15) is 20.9 Å². The van der Waals surface area contributed by atoms with Crippen molar-refractivity contribution in [3.8, 4) is 0 Å². The molecule has 4 N–H and O–H groups in total. The molecular weight excluding hydrogens is 269 g/mol. The molecule has 5 nitrogen and oxygen atoms in total. The van der Waals surface area contributed by atoms with Gasteiger partial charge in [0.25, 0.3) is 0 Å². The fraction of sp³-hybridized carbons (Fsp3) is 0.167. The maximum absolute atomic E-state index is 13.7. The second-order valence-corrected chi connectivity index (χ2v) is 5.21. The molecular formula is C12H12FN3O2S. The highest BCUT2D eigenvalue weighted by Gasteiger charge is 2.14. The summed E-state index contributed by atoms with van der Waals surface area (Å²) in [5, 5.41) is 12.2. The topological polar surface area (TPSA) is 88.2 Å². The number of carbonyl (C=O) groups is 1. The third-order valence-corrected chi connectivity index (χ3v) is 3.63. The number of aromatic nitrogens is 1. The predicted molar refractivity (Wildman–Crippen MR) is 72.6 cm³/mol. The molecule has 0 aliphatic rings. The number of rotatable bonds is 3. The molecule has 0 aliphatic carbocycles. The second-order valence-electron chi connectivity index (χ2n) is 4.01. The Balaban J connectivity index is 2.39. The van der Waals surface area contributed by atoms with Crippen LogP contribution in [-0.2, 0) is 0 Å². The van der Waals surface area contributed by atoms with Gasteiger partial charge in [0.15, 0.2) is 5.13 Å². The minimum Gasteiger partial charge on any atom is -0.478 e. The molecule has 0 atom stereocenters. The number of aromatic carboxylic acids is 1. The van der Waals surface area contributed by atoms with Crippen LogP contribution < -0.4 is 11.1 Å². The molecule has 2 aromatic rings. The number of nitrogen functional groups attached to an aromatic ring is 1. The summed E-state index contributed by atoms with van der Waals surface area (Å²) >= 11 is 1.37. The number of carboxylic acid groups (broad SMARTS) is 1. The van der Waals surface area contributed by atoms with Crippen molar-refractivity contribution in [1.29, 1.82) is 0 Å². The van der Waals surface area contributed by atoms with E-state index < -0.39 is 11.8 Å². The highest BCUT2D eigenvalue weighted by atomic mass is 32.1. The van der Waals surface area contributed by atoms with Gasteiger partial charge in [-0.15, -0.1) is 11.3 Å². The standard InChI is InChI=1S/C12H12FN3O2S/c1-5-6(2)19-12(15-5)16-10-3-7(11(17)18)9(14)4-8(10)13/h3-4H,14H2,1-2H3,(H,15,16)(H,17,18). The Labute approximate surface area is 112 Å². The first kappa shape index (κ1) is 13.3. The molecule has 0 spiro atoms. The molecule has 0 saturated carbocycles. The van der Waals surface area contributed by atoms with Gasteiger partial charge in [-0.3, -0.25) is 0 Å². The summed E-state index contributed by atoms with van der Waals surface area (Å²) in [6.07, 6.45) is 0. The number of carboxylic acids is 1. The van der Waals surface area contributed by atoms with Crippen LogP contribution in [0, 0.1) is 19.7 Å². The first-order chi connectivity index (χ1) is 8.88. The molecule has 0 amide bonds. The number of hydrogen-bond acceptors (Lipinski definition) is 5. The van der Waals surface area contributed by atoms with Gasteiger partial charge in [-0.25, -0.2) is 14.2 Å². The number of aryl methyl sites for hydroxylation is 2. The van der Waals surface area contributed by atoms with Crippen LogP contribution in [0.4, 0.5) is 20.9 Å². The third kappa shape index (κ3) is 2.65. The zero-order chi connectivity index (χ0) is 14.2. The summed E-state index contributed by atoms with van der Waals surface area (Å²) in [6.45, 7) is 3.75. The molecule has 1 heterocycles. The molecule has 0 radical (unpaired) electrons. The Hall–Kier alpha value is -2.15. The van der Waals surface area contributed by atoms with Gasteiger partial charge in [0.2, 0.25) is 0 Å². The van der Waals surface area contributed by atoms with E-state index in [1.54, 1.807) is 0 Å². The van der Waals surface area contributed by atoms with Gasteiger partial charge in [-0.2, -0.15) is 0 Å². The fourth-order valence-electron chi connectivity index (χ4n) is 1.51. The Kier molecular flexibility index (Phi) is 3.39. The lowest BCUT2D eigenvalue weighted by Crippen LogP contribution is -2.05. The average molecular weight is 281 g/mol. The van der Waals surface area contributed by atoms with Gasteiger partial charge in [-0.1, -0.05) is 0 Å². The van der Waals surface area contributed by atoms with E-state index in [0.717, 1.165) is 16.6 Å². The van der Waals surface area contributed by atoms with E-state index in [4.69, 9.17) is 10.8 Å². The van der Waals surface area contributed by atoms with Crippen molar-refractivity contribution in [2.45, 2.75) is 13.8 Å². The smallest absolute Gasteiger partial charge is 0.337 e. The monoisotopic (exact) mass is 281 g/mol. The summed E-state index contributed by atoms with van der Waals surface area (Å²) in [6, 6.07) is 2.15. The fourth-order valence-corrected chi connectivity index (χ4v) is 2.34. The molecule has 1 aromatic heterocycles. The number of hydrogen-bond donors (Lipinski definition) is 3. The van der Waals surface area contributed by atoms with Gasteiger partial charge in [0.1, 0.15) is 5.82 Å². The van der Waals surface area contributed by atoms with Crippen LogP contribution in [0.3, 0.4) is 0 Å². The first-order valence-corrected chi connectivity index (χ1v) is 6.23. The van der Waals surface area contributed by atoms with Crippen molar-refractivity contribution in [2.24, 2.45) is 0 Å². The normalized spacial score (nSPS) is 10.5. The van der Waals surface area contributed by atoms with E-state index in [-0.39, 0.29) is 16.9 Å². The molecule has 0 saturated heterocycles. The molecule has 0 fully saturated rings. The van der Waals surface area contributed by atoms with Gasteiger partial charge < -0.3 is 16.2 Å². The summed E-state index contributed by atoms with van der Waals surface area (Å²) in [5.41, 5.74) is 6.09. The van der Waals surface area contributed by atoms with Crippen molar-refractivity contribution < 1.29 is 14.3 Å². The SMILES string of the molecule is Cc1nc(Nc2cc(C(=O)O)c(N)cc2F)sc1C. The Morgan fingerprint density at radius 3 is 2.68 bits per heavy atom. The van der Waals surface area contributed by atoms with Gasteiger partial charge >= 0.3 is 5.97 Å². The van der Waals surface area contributed by atoms with Crippen molar-refractivity contribution in [3.63, 3.8) is 0 Å². The van der Waals surface area contributed by atoms with Crippen LogP contribution in [0.15, 0.2) is 12.1 Å². The van der Waals surface area contributed by atoms with Gasteiger partial charge in [0, 0.05) is 10.6 Å². The number of anilines is 3. The number of nitrogens with two attached hydrogens (primary N) is 1. The minimum atomic E-state index is -1.20. The number of benzene rings is 1. The summed E-state index contributed by atoms with van der Waals surface area (Å²) in [5.74, 6) is -1.82. The van der Waals surface area contributed by atoms with Gasteiger partial charge in [-0.05, 0) is 26.0 Å². The average Bonchev–Trinajstić information content (AvgIpc) is 2.61. The molecule has 0 bridgehead atoms. The van der Waals surface area contributed by atoms with E-state index in [1.807, 2.05) is 13.8 Å². The number of nitrogens with zero attached hydrogens (tertiary/aromatic N) is 1. The first-order valence-electron chi connectivity index (χ1n) is 5.42. The molecule has 2 rings (SSSR count). The lowest BCUT2D eigenvalue weighted by atomic mass is 10.1. The van der Waals surface area contributed by atoms with Crippen molar-refractivity contribution in [1.82, 2.24) is 4.98 Å². The third-order valence-electron chi connectivity index (χ3n) is 2.64. The van der Waals surface area contributed by atoms with Crippen molar-refractivity contribution in [3.05, 3.63) is 34.1 Å². The second kappa shape index (κ2) is 4.85. The number of thiazole rings is 1. The predicted octanol–water partition coefficient (Wildman–Crippen LogP) is 2.92. The molecule has 19 heavy (non-hydrogen) atoms. The van der Waals surface area contributed by atoms with Crippen molar-refractivity contribution >= 4 is 33.8 Å². The maximum atomic E-state index is 13.7. The Morgan fingerprint density at radius 1 is 1.47 bits per heavy atom. The van der Waals surface area contributed by atoms with E-state index in [9.17, 15) is 9.18 Å². The quantitative estimate of drug-likeness (QED) is 0.753. The van der Waals surface area contributed by atoms with Crippen LogP contribution in [0.5, 0.6) is 0 Å². The van der Waals surface area contributed by atoms with Crippen LogP contribution >= 0.6 is 11.3 Å². The van der Waals surface area contributed by atoms with Crippen LogP contribution in [-0.4, -0.2) is 16.1 Å². The minimum absolute atomic E-state index is 0.0420. The highest BCUT2D eigenvalue weighted by Crippen LogP contribution is 2.28. The van der Waals surface area contributed by atoms with Crippen LogP contribution in [0.25, 0.3) is 0 Å². The summed E-state index contributed by atoms with van der Waals surface area (Å²) < 4.78 is 13.7. The van der Waals surface area contributed by atoms with E-state index in [1.165, 1.54) is 17.4 Å². The number of nitrogens with one attached hydrogen (secondary N) is 1. The zero-order valence-corrected chi connectivity index (χ0v) is 11.1. The largest absolute Gasteiger partial charge is 0.478 e. The molecule has 7 heteroatoms. The van der Waals surface area contributed by atoms with E-state index >= 15 is 0 Å². The Morgan fingerprint density at radius 2 is 2.16 bits per heavy atom. The molecule has 0 aliphatic heterocycles. The molecule has 1 aromatic carbocycles. The lowest BCUT2D eigenvalue weighted by molar-refractivity contribution is 0.0698. The zero-order valence-electron chi connectivity index (χ0n) is 10.3. The van der Waals surface area contributed by atoms with E-state index in [2.05, 4.69) is 10.3 Å². The molecule has 0 unspecified atom stereocenters. The summed E-state index contributed by atoms with van der Waals surface area (Å²) in [4.78, 5) is 16.2. The van der Waals surface area contributed by atoms with Crippen molar-refractivity contribution in [2.75, 3.05) is 11.1 Å². The maximum Gasteiger partial charge on any atom is 0.337 e. The lowest BCUT2D eigenvalue weighted by Gasteiger charge is -2.07. The van der Waals surface area contributed by atoms with Crippen LogP contribution in [0.2, 0.25) is 0 Å². The van der Waals surface area contributed by atoms with E-state index in [0.29, 0.717) is 5.13 Å².